The van der Waals surface area contributed by atoms with Crippen molar-refractivity contribution in [2.45, 2.75) is 136 Å². The molecule has 1 aliphatic rings. The smallest absolute Gasteiger partial charge is 0.350 e. The van der Waals surface area contributed by atoms with Gasteiger partial charge in [-0.2, -0.15) is 0 Å². The highest BCUT2D eigenvalue weighted by atomic mass is 35.5. The van der Waals surface area contributed by atoms with E-state index in [4.69, 9.17) is 16.3 Å². The molecule has 192 valence electrons. The van der Waals surface area contributed by atoms with E-state index in [1.807, 2.05) is 0 Å². The summed E-state index contributed by atoms with van der Waals surface area (Å²) in [6.45, 7) is 4.53. The second kappa shape index (κ2) is 15.5. The standard InChI is InChI=1S/C29H45ClO2S2/c1-3-5-7-9-10-12-13-15-22-17-19-23(20-18-22)32-29(31)28-26(30)27-25(34-28)21-24(33-27)16-14-11-8-6-4-2/h21-23H,3-20H2,1-2H3. The highest BCUT2D eigenvalue weighted by Gasteiger charge is 2.27. The molecule has 2 aromatic rings. The molecule has 1 saturated carbocycles. The monoisotopic (exact) mass is 524 g/mol. The third-order valence-corrected chi connectivity index (χ3v) is 10.4. The van der Waals surface area contributed by atoms with Gasteiger partial charge in [-0.3, -0.25) is 0 Å². The van der Waals surface area contributed by atoms with Gasteiger partial charge < -0.3 is 4.74 Å². The minimum Gasteiger partial charge on any atom is -0.458 e. The zero-order chi connectivity index (χ0) is 24.2. The van der Waals surface area contributed by atoms with Crippen molar-refractivity contribution < 1.29 is 9.53 Å². The molecule has 0 radical (unpaired) electrons. The minimum atomic E-state index is -0.213. The molecule has 2 heterocycles. The lowest BCUT2D eigenvalue weighted by Crippen LogP contribution is -2.24. The van der Waals surface area contributed by atoms with Gasteiger partial charge in [0.2, 0.25) is 0 Å². The fourth-order valence-corrected chi connectivity index (χ4v) is 8.03. The lowest BCUT2D eigenvalue weighted by atomic mass is 9.84. The van der Waals surface area contributed by atoms with Crippen molar-refractivity contribution in [3.05, 3.63) is 20.8 Å². The molecule has 0 bridgehead atoms. The van der Waals surface area contributed by atoms with Crippen LogP contribution in [0.3, 0.4) is 0 Å². The van der Waals surface area contributed by atoms with Crippen LogP contribution in [0, 0.1) is 5.92 Å². The maximum atomic E-state index is 12.9. The number of fused-ring (bicyclic) bond motifs is 1. The fraction of sp³-hybridized carbons (Fsp3) is 0.759. The molecule has 1 aliphatic carbocycles. The van der Waals surface area contributed by atoms with Gasteiger partial charge in [-0.25, -0.2) is 4.79 Å². The summed E-state index contributed by atoms with van der Waals surface area (Å²) in [5, 5.41) is 0.611. The lowest BCUT2D eigenvalue weighted by molar-refractivity contribution is 0.0166. The Morgan fingerprint density at radius 3 is 2.15 bits per heavy atom. The molecule has 0 spiro atoms. The Kier molecular flexibility index (Phi) is 12.8. The van der Waals surface area contributed by atoms with Crippen LogP contribution in [0.4, 0.5) is 0 Å². The van der Waals surface area contributed by atoms with E-state index in [9.17, 15) is 4.79 Å². The quantitative estimate of drug-likeness (QED) is 0.161. The van der Waals surface area contributed by atoms with Gasteiger partial charge >= 0.3 is 5.97 Å². The van der Waals surface area contributed by atoms with Crippen molar-refractivity contribution >= 4 is 49.6 Å². The van der Waals surface area contributed by atoms with Crippen molar-refractivity contribution in [1.29, 1.82) is 0 Å². The Balaban J connectivity index is 1.37. The van der Waals surface area contributed by atoms with E-state index in [1.165, 1.54) is 113 Å². The van der Waals surface area contributed by atoms with Gasteiger partial charge in [-0.1, -0.05) is 102 Å². The first-order valence-corrected chi connectivity index (χ1v) is 16.0. The van der Waals surface area contributed by atoms with Gasteiger partial charge in [0.05, 0.1) is 9.72 Å². The first-order valence-electron chi connectivity index (χ1n) is 14.0. The Labute approximate surface area is 220 Å². The average molecular weight is 525 g/mol. The van der Waals surface area contributed by atoms with E-state index in [0.29, 0.717) is 9.90 Å². The molecule has 2 aromatic heterocycles. The summed E-state index contributed by atoms with van der Waals surface area (Å²) in [6, 6.07) is 2.24. The zero-order valence-corrected chi connectivity index (χ0v) is 23.9. The number of aryl methyl sites for hydroxylation is 1. The Morgan fingerprint density at radius 1 is 0.882 bits per heavy atom. The Bertz CT molecular complexity index is 848. The zero-order valence-electron chi connectivity index (χ0n) is 21.5. The van der Waals surface area contributed by atoms with Crippen molar-refractivity contribution in [3.63, 3.8) is 0 Å². The van der Waals surface area contributed by atoms with Gasteiger partial charge in [-0.05, 0) is 50.5 Å². The number of unbranched alkanes of at least 4 members (excludes halogenated alkanes) is 10. The summed E-state index contributed by atoms with van der Waals surface area (Å²) in [5.41, 5.74) is 0. The molecular weight excluding hydrogens is 480 g/mol. The van der Waals surface area contributed by atoms with Gasteiger partial charge in [0.1, 0.15) is 11.0 Å². The molecule has 0 saturated heterocycles. The number of carbonyl (C=O) groups excluding carboxylic acids is 1. The van der Waals surface area contributed by atoms with Crippen molar-refractivity contribution in [1.82, 2.24) is 0 Å². The van der Waals surface area contributed by atoms with Crippen LogP contribution in [0.25, 0.3) is 9.40 Å². The highest BCUT2D eigenvalue weighted by molar-refractivity contribution is 7.29. The third kappa shape index (κ3) is 8.82. The van der Waals surface area contributed by atoms with Gasteiger partial charge in [0.15, 0.2) is 0 Å². The molecule has 1 fully saturated rings. The largest absolute Gasteiger partial charge is 0.458 e. The van der Waals surface area contributed by atoms with Crippen LogP contribution < -0.4 is 0 Å². The SMILES string of the molecule is CCCCCCCCCC1CCC(OC(=O)c2sc3cc(CCCCCCC)sc3c2Cl)CC1. The van der Waals surface area contributed by atoms with Crippen LogP contribution in [0.1, 0.15) is 138 Å². The van der Waals surface area contributed by atoms with Crippen LogP contribution in [-0.2, 0) is 11.2 Å². The van der Waals surface area contributed by atoms with Crippen LogP contribution in [-0.4, -0.2) is 12.1 Å². The second-order valence-electron chi connectivity index (χ2n) is 10.3. The molecule has 34 heavy (non-hydrogen) atoms. The second-order valence-corrected chi connectivity index (χ2v) is 12.8. The number of carbonyl (C=O) groups is 1. The molecule has 0 aromatic carbocycles. The highest BCUT2D eigenvalue weighted by Crippen LogP contribution is 2.42. The van der Waals surface area contributed by atoms with E-state index < -0.39 is 0 Å². The summed E-state index contributed by atoms with van der Waals surface area (Å²) in [7, 11) is 0. The van der Waals surface area contributed by atoms with Gasteiger partial charge in [-0.15, -0.1) is 22.7 Å². The van der Waals surface area contributed by atoms with Crippen LogP contribution >= 0.6 is 34.3 Å². The van der Waals surface area contributed by atoms with Crippen molar-refractivity contribution in [2.24, 2.45) is 5.92 Å². The Hall–Kier alpha value is -0.580. The average Bonchev–Trinajstić information content (AvgIpc) is 3.38. The van der Waals surface area contributed by atoms with E-state index in [0.717, 1.165) is 34.6 Å². The van der Waals surface area contributed by atoms with E-state index >= 15 is 0 Å². The number of hydrogen-bond acceptors (Lipinski definition) is 4. The number of ether oxygens (including phenoxy) is 1. The number of rotatable bonds is 16. The summed E-state index contributed by atoms with van der Waals surface area (Å²) in [4.78, 5) is 14.9. The molecule has 0 unspecified atom stereocenters. The predicted molar refractivity (Wildman–Crippen MR) is 151 cm³/mol. The Morgan fingerprint density at radius 2 is 1.50 bits per heavy atom. The molecule has 0 N–H and O–H groups in total. The van der Waals surface area contributed by atoms with Crippen LogP contribution in [0.15, 0.2) is 6.07 Å². The van der Waals surface area contributed by atoms with E-state index in [-0.39, 0.29) is 12.1 Å². The summed E-state index contributed by atoms with van der Waals surface area (Å²) in [6.07, 6.45) is 23.1. The van der Waals surface area contributed by atoms with Crippen molar-refractivity contribution in [3.8, 4) is 0 Å². The minimum absolute atomic E-state index is 0.0627. The fourth-order valence-electron chi connectivity index (χ4n) is 5.20. The number of hydrogen-bond donors (Lipinski definition) is 0. The van der Waals surface area contributed by atoms with Gasteiger partial charge in [0, 0.05) is 9.58 Å². The third-order valence-electron chi connectivity index (χ3n) is 7.36. The maximum absolute atomic E-state index is 12.9. The molecular formula is C29H45ClO2S2. The summed E-state index contributed by atoms with van der Waals surface area (Å²) in [5.74, 6) is 0.608. The molecule has 0 amide bonds. The van der Waals surface area contributed by atoms with E-state index in [2.05, 4.69) is 19.9 Å². The van der Waals surface area contributed by atoms with E-state index in [1.54, 1.807) is 11.3 Å². The maximum Gasteiger partial charge on any atom is 0.350 e. The first kappa shape index (κ1) is 28.0. The normalized spacial score (nSPS) is 18.6. The van der Waals surface area contributed by atoms with Crippen LogP contribution in [0.2, 0.25) is 5.02 Å². The molecule has 0 atom stereocenters. The lowest BCUT2D eigenvalue weighted by Gasteiger charge is -2.28. The number of halogens is 1. The van der Waals surface area contributed by atoms with Crippen LogP contribution in [0.5, 0.6) is 0 Å². The predicted octanol–water partition coefficient (Wildman–Crippen LogP) is 11.0. The molecule has 5 heteroatoms. The summed E-state index contributed by atoms with van der Waals surface area (Å²) >= 11 is 9.91. The number of esters is 1. The molecule has 2 nitrogen and oxygen atoms in total. The molecule has 0 aliphatic heterocycles. The first-order chi connectivity index (χ1) is 16.6. The number of thiophene rings is 2. The molecule has 3 rings (SSSR count). The van der Waals surface area contributed by atoms with Gasteiger partial charge in [0.25, 0.3) is 0 Å². The van der Waals surface area contributed by atoms with Crippen molar-refractivity contribution in [2.75, 3.05) is 0 Å². The topological polar surface area (TPSA) is 26.3 Å². The summed E-state index contributed by atoms with van der Waals surface area (Å²) < 4.78 is 8.12.